The Labute approximate surface area is 66.4 Å². The molecule has 0 aromatic carbocycles. The third kappa shape index (κ3) is 1.94. The molecule has 60 valence electrons. The third-order valence-electron chi connectivity index (χ3n) is 2.04. The molecule has 3 heteroatoms. The van der Waals surface area contributed by atoms with Crippen molar-refractivity contribution in [1.82, 2.24) is 5.32 Å². The molecule has 0 spiro atoms. The van der Waals surface area contributed by atoms with Crippen molar-refractivity contribution >= 4 is 5.91 Å². The highest BCUT2D eigenvalue weighted by Crippen LogP contribution is 2.43. The Kier molecular flexibility index (Phi) is 2.13. The van der Waals surface area contributed by atoms with Crippen molar-refractivity contribution in [2.24, 2.45) is 5.41 Å². The molecule has 0 radical (unpaired) electrons. The normalized spacial score (nSPS) is 18.5. The van der Waals surface area contributed by atoms with E-state index in [-0.39, 0.29) is 11.3 Å². The highest BCUT2D eigenvalue weighted by molar-refractivity contribution is 5.75. The van der Waals surface area contributed by atoms with Gasteiger partial charge in [-0.15, -0.1) is 0 Å². The summed E-state index contributed by atoms with van der Waals surface area (Å²) in [4.78, 5) is 10.8. The molecule has 11 heavy (non-hydrogen) atoms. The zero-order valence-electron chi connectivity index (χ0n) is 6.68. The lowest BCUT2D eigenvalue weighted by Gasteiger charge is -2.05. The van der Waals surface area contributed by atoms with Crippen LogP contribution in [0.3, 0.4) is 0 Å². The number of hydrogen-bond acceptors (Lipinski definition) is 2. The number of amides is 1. The van der Waals surface area contributed by atoms with Crippen molar-refractivity contribution in [3.63, 3.8) is 0 Å². The Bertz CT molecular complexity index is 201. The minimum absolute atomic E-state index is 0.0338. The number of hydrogen-bond donors (Lipinski definition) is 1. The van der Waals surface area contributed by atoms with Crippen LogP contribution in [0, 0.1) is 16.7 Å². The van der Waals surface area contributed by atoms with E-state index in [4.69, 9.17) is 5.26 Å². The zero-order chi connectivity index (χ0) is 8.32. The van der Waals surface area contributed by atoms with Gasteiger partial charge < -0.3 is 5.32 Å². The van der Waals surface area contributed by atoms with E-state index in [1.54, 1.807) is 6.92 Å². The first-order valence-corrected chi connectivity index (χ1v) is 3.90. The lowest BCUT2D eigenvalue weighted by molar-refractivity contribution is -0.120. The summed E-state index contributed by atoms with van der Waals surface area (Å²) in [6.07, 6.45) is 2.38. The van der Waals surface area contributed by atoms with Crippen LogP contribution in [0.5, 0.6) is 0 Å². The van der Waals surface area contributed by atoms with Gasteiger partial charge in [0.25, 0.3) is 0 Å². The first-order chi connectivity index (χ1) is 5.22. The Hall–Kier alpha value is -1.04. The molecular formula is C8H12N2O. The van der Waals surface area contributed by atoms with Crippen LogP contribution in [-0.2, 0) is 4.79 Å². The van der Waals surface area contributed by atoms with Crippen molar-refractivity contribution in [1.29, 1.82) is 5.26 Å². The summed E-state index contributed by atoms with van der Waals surface area (Å²) in [5, 5.41) is 11.4. The fourth-order valence-electron chi connectivity index (χ4n) is 0.872. The molecule has 1 saturated carbocycles. The summed E-state index contributed by atoms with van der Waals surface area (Å²) in [7, 11) is 0. The maximum absolute atomic E-state index is 10.8. The molecule has 3 nitrogen and oxygen atoms in total. The minimum atomic E-state index is -0.204. The summed E-state index contributed by atoms with van der Waals surface area (Å²) in [6, 6.07) is 2.22. The number of nitrogens with one attached hydrogen (secondary N) is 1. The summed E-state index contributed by atoms with van der Waals surface area (Å²) in [5.41, 5.74) is -0.204. The number of carbonyl (C=O) groups is 1. The predicted octanol–water partition coefficient (Wildman–Crippen LogP) is 0.816. The van der Waals surface area contributed by atoms with Crippen LogP contribution >= 0.6 is 0 Å². The van der Waals surface area contributed by atoms with E-state index in [9.17, 15) is 4.79 Å². The fourth-order valence-corrected chi connectivity index (χ4v) is 0.872. The standard InChI is InChI=1S/C8H12N2O/c1-2-7(11)10-6-8(5-9)3-4-8/h2-4,6H2,1H3,(H,10,11). The van der Waals surface area contributed by atoms with Gasteiger partial charge >= 0.3 is 0 Å². The van der Waals surface area contributed by atoms with Gasteiger partial charge in [-0.05, 0) is 12.8 Å². The van der Waals surface area contributed by atoms with Gasteiger partial charge in [-0.3, -0.25) is 4.79 Å². The molecular weight excluding hydrogens is 140 g/mol. The molecule has 0 bridgehead atoms. The van der Waals surface area contributed by atoms with E-state index in [0.29, 0.717) is 13.0 Å². The Balaban J connectivity index is 2.23. The number of nitriles is 1. The quantitative estimate of drug-likeness (QED) is 0.650. The fraction of sp³-hybridized carbons (Fsp3) is 0.750. The molecule has 1 amide bonds. The van der Waals surface area contributed by atoms with Gasteiger partial charge in [-0.1, -0.05) is 6.92 Å². The van der Waals surface area contributed by atoms with E-state index in [0.717, 1.165) is 12.8 Å². The van der Waals surface area contributed by atoms with Gasteiger partial charge in [0.15, 0.2) is 0 Å². The Morgan fingerprint density at radius 2 is 2.36 bits per heavy atom. The lowest BCUT2D eigenvalue weighted by atomic mass is 10.1. The topological polar surface area (TPSA) is 52.9 Å². The summed E-state index contributed by atoms with van der Waals surface area (Å²) in [6.45, 7) is 2.34. The Morgan fingerprint density at radius 1 is 1.73 bits per heavy atom. The highest BCUT2D eigenvalue weighted by Gasteiger charge is 2.43. The highest BCUT2D eigenvalue weighted by atomic mass is 16.1. The molecule has 1 fully saturated rings. The van der Waals surface area contributed by atoms with Gasteiger partial charge in [-0.2, -0.15) is 5.26 Å². The molecule has 1 aliphatic rings. The average molecular weight is 152 g/mol. The monoisotopic (exact) mass is 152 g/mol. The summed E-state index contributed by atoms with van der Waals surface area (Å²) >= 11 is 0. The van der Waals surface area contributed by atoms with Crippen molar-refractivity contribution in [2.75, 3.05) is 6.54 Å². The van der Waals surface area contributed by atoms with Crippen molar-refractivity contribution in [3.8, 4) is 6.07 Å². The second-order valence-corrected chi connectivity index (χ2v) is 3.02. The largest absolute Gasteiger partial charge is 0.355 e. The van der Waals surface area contributed by atoms with Gasteiger partial charge in [0.2, 0.25) is 5.91 Å². The first kappa shape index (κ1) is 8.06. The van der Waals surface area contributed by atoms with Gasteiger partial charge in [-0.25, -0.2) is 0 Å². The molecule has 0 aromatic heterocycles. The number of carbonyl (C=O) groups excluding carboxylic acids is 1. The number of nitrogens with zero attached hydrogens (tertiary/aromatic N) is 1. The minimum Gasteiger partial charge on any atom is -0.355 e. The number of rotatable bonds is 3. The molecule has 0 aromatic rings. The van der Waals surface area contributed by atoms with E-state index in [2.05, 4.69) is 11.4 Å². The summed E-state index contributed by atoms with van der Waals surface area (Å²) in [5.74, 6) is 0.0338. The zero-order valence-corrected chi connectivity index (χ0v) is 6.68. The molecule has 0 atom stereocenters. The van der Waals surface area contributed by atoms with Crippen LogP contribution in [0.15, 0.2) is 0 Å². The molecule has 0 aliphatic heterocycles. The second-order valence-electron chi connectivity index (χ2n) is 3.02. The van der Waals surface area contributed by atoms with Crippen molar-refractivity contribution < 1.29 is 4.79 Å². The molecule has 0 saturated heterocycles. The van der Waals surface area contributed by atoms with Crippen LogP contribution < -0.4 is 5.32 Å². The molecule has 1 aliphatic carbocycles. The van der Waals surface area contributed by atoms with Crippen LogP contribution in [0.2, 0.25) is 0 Å². The predicted molar refractivity (Wildman–Crippen MR) is 40.6 cm³/mol. The van der Waals surface area contributed by atoms with E-state index < -0.39 is 0 Å². The Morgan fingerprint density at radius 3 is 2.73 bits per heavy atom. The van der Waals surface area contributed by atoms with Gasteiger partial charge in [0, 0.05) is 13.0 Å². The molecule has 0 unspecified atom stereocenters. The van der Waals surface area contributed by atoms with Crippen LogP contribution in [0.1, 0.15) is 26.2 Å². The first-order valence-electron chi connectivity index (χ1n) is 3.90. The van der Waals surface area contributed by atoms with Gasteiger partial charge in [0.1, 0.15) is 0 Å². The van der Waals surface area contributed by atoms with Crippen molar-refractivity contribution in [3.05, 3.63) is 0 Å². The molecule has 1 rings (SSSR count). The van der Waals surface area contributed by atoms with Crippen molar-refractivity contribution in [2.45, 2.75) is 26.2 Å². The van der Waals surface area contributed by atoms with E-state index >= 15 is 0 Å². The molecule has 0 heterocycles. The lowest BCUT2D eigenvalue weighted by Crippen LogP contribution is -2.28. The summed E-state index contributed by atoms with van der Waals surface area (Å²) < 4.78 is 0. The molecule has 1 N–H and O–H groups in total. The maximum Gasteiger partial charge on any atom is 0.219 e. The van der Waals surface area contributed by atoms with E-state index in [1.807, 2.05) is 0 Å². The van der Waals surface area contributed by atoms with Crippen LogP contribution in [0.4, 0.5) is 0 Å². The average Bonchev–Trinajstić information content (AvgIpc) is 2.81. The smallest absolute Gasteiger partial charge is 0.219 e. The maximum atomic E-state index is 10.8. The SMILES string of the molecule is CCC(=O)NCC1(C#N)CC1. The third-order valence-corrected chi connectivity index (χ3v) is 2.04. The van der Waals surface area contributed by atoms with Gasteiger partial charge in [0.05, 0.1) is 11.5 Å². The second kappa shape index (κ2) is 2.91. The van der Waals surface area contributed by atoms with Crippen LogP contribution in [0.25, 0.3) is 0 Å². The van der Waals surface area contributed by atoms with E-state index in [1.165, 1.54) is 0 Å². The van der Waals surface area contributed by atoms with Crippen LogP contribution in [-0.4, -0.2) is 12.5 Å².